The van der Waals surface area contributed by atoms with Crippen LogP contribution in [0, 0.1) is 5.82 Å². The van der Waals surface area contributed by atoms with Crippen LogP contribution in [0.15, 0.2) is 48.7 Å². The van der Waals surface area contributed by atoms with Gasteiger partial charge in [0.05, 0.1) is 22.5 Å². The minimum Gasteiger partial charge on any atom is -0.482 e. The Labute approximate surface area is 161 Å². The second-order valence-corrected chi connectivity index (χ2v) is 6.20. The number of hydrogen-bond acceptors (Lipinski definition) is 4. The van der Waals surface area contributed by atoms with Gasteiger partial charge in [0, 0.05) is 0 Å². The fourth-order valence-corrected chi connectivity index (χ4v) is 2.52. The maximum absolute atomic E-state index is 13.2. The van der Waals surface area contributed by atoms with Crippen molar-refractivity contribution in [1.82, 2.24) is 15.0 Å². The van der Waals surface area contributed by atoms with Gasteiger partial charge in [-0.1, -0.05) is 22.9 Å². The van der Waals surface area contributed by atoms with E-state index >= 15 is 0 Å². The highest BCUT2D eigenvalue weighted by Gasteiger charge is 2.31. The van der Waals surface area contributed by atoms with Crippen molar-refractivity contribution in [2.24, 2.45) is 0 Å². The number of benzene rings is 2. The molecule has 10 heteroatoms. The molecule has 1 unspecified atom stereocenters. The molecule has 1 heterocycles. The van der Waals surface area contributed by atoms with E-state index in [0.717, 1.165) is 18.2 Å². The van der Waals surface area contributed by atoms with Crippen LogP contribution in [-0.4, -0.2) is 26.9 Å². The van der Waals surface area contributed by atoms with E-state index in [2.05, 4.69) is 10.3 Å². The van der Waals surface area contributed by atoms with Gasteiger partial charge in [-0.05, 0) is 43.3 Å². The van der Waals surface area contributed by atoms with Gasteiger partial charge in [0.25, 0.3) is 0 Å². The zero-order valence-corrected chi connectivity index (χ0v) is 15.0. The molecule has 0 spiro atoms. The Kier molecular flexibility index (Phi) is 5.37. The van der Waals surface area contributed by atoms with Gasteiger partial charge in [-0.15, -0.1) is 5.10 Å². The maximum Gasteiger partial charge on any atom is 0.416 e. The van der Waals surface area contributed by atoms with E-state index in [0.29, 0.717) is 5.69 Å². The number of alkyl halides is 3. The predicted molar refractivity (Wildman–Crippen MR) is 92.2 cm³/mol. The smallest absolute Gasteiger partial charge is 0.416 e. The highest BCUT2D eigenvalue weighted by Crippen LogP contribution is 2.31. The molecule has 0 fully saturated rings. The van der Waals surface area contributed by atoms with E-state index in [1.807, 2.05) is 0 Å². The number of Topliss-reactive ketones (excluding diaryl/α,β-unsaturated/α-hetero) is 1. The summed E-state index contributed by atoms with van der Waals surface area (Å²) in [6, 6.07) is 8.05. The number of aromatic nitrogens is 3. The van der Waals surface area contributed by atoms with Gasteiger partial charge in [0.2, 0.25) is 5.78 Å². The molecule has 0 aliphatic rings. The Morgan fingerprint density at radius 1 is 1.21 bits per heavy atom. The van der Waals surface area contributed by atoms with Gasteiger partial charge in [-0.3, -0.25) is 4.79 Å². The van der Waals surface area contributed by atoms with Crippen molar-refractivity contribution in [3.8, 4) is 11.4 Å². The molecule has 0 aliphatic carbocycles. The molecule has 3 aromatic rings. The molecule has 0 bridgehead atoms. The lowest BCUT2D eigenvalue weighted by Crippen LogP contribution is -2.24. The Morgan fingerprint density at radius 2 is 1.96 bits per heavy atom. The van der Waals surface area contributed by atoms with Crippen LogP contribution >= 0.6 is 11.6 Å². The zero-order valence-electron chi connectivity index (χ0n) is 14.2. The van der Waals surface area contributed by atoms with Gasteiger partial charge < -0.3 is 4.74 Å². The number of halogens is 5. The number of carbonyl (C=O) groups is 1. The third-order valence-corrected chi connectivity index (χ3v) is 4.05. The van der Waals surface area contributed by atoms with Crippen LogP contribution in [0.2, 0.25) is 5.02 Å². The number of ketones is 1. The third-order valence-electron chi connectivity index (χ3n) is 3.76. The number of rotatable bonds is 5. The maximum atomic E-state index is 13.2. The van der Waals surface area contributed by atoms with E-state index in [1.54, 1.807) is 0 Å². The topological polar surface area (TPSA) is 57.0 Å². The molecule has 0 aliphatic heterocycles. The average Bonchev–Trinajstić information content (AvgIpc) is 3.13. The average molecular weight is 414 g/mol. The summed E-state index contributed by atoms with van der Waals surface area (Å²) in [5, 5.41) is 7.38. The highest BCUT2D eigenvalue weighted by atomic mass is 35.5. The van der Waals surface area contributed by atoms with Gasteiger partial charge >= 0.3 is 6.18 Å². The molecule has 0 N–H and O–H groups in total. The van der Waals surface area contributed by atoms with Crippen LogP contribution in [0.3, 0.4) is 0 Å². The lowest BCUT2D eigenvalue weighted by atomic mass is 10.2. The molecule has 1 atom stereocenters. The molecule has 146 valence electrons. The standard InChI is InChI=1S/C18H12ClF4N3O2/c1-10(28-13-4-2-3-11(7-13)18(21,22)23)17(27)16-9-26(25-24-16)12-5-6-15(20)14(19)8-12/h2-10H,1H3. The second kappa shape index (κ2) is 7.59. The zero-order chi connectivity index (χ0) is 20.5. The fraction of sp³-hybridized carbons (Fsp3) is 0.167. The number of ether oxygens (including phenoxy) is 1. The first-order chi connectivity index (χ1) is 13.1. The van der Waals surface area contributed by atoms with Gasteiger partial charge in [0.1, 0.15) is 11.6 Å². The normalized spacial score (nSPS) is 12.6. The lowest BCUT2D eigenvalue weighted by molar-refractivity contribution is -0.137. The largest absolute Gasteiger partial charge is 0.482 e. The fourth-order valence-electron chi connectivity index (χ4n) is 2.34. The summed E-state index contributed by atoms with van der Waals surface area (Å²) in [6.45, 7) is 1.39. The quantitative estimate of drug-likeness (QED) is 0.448. The monoisotopic (exact) mass is 413 g/mol. The van der Waals surface area contributed by atoms with Crippen molar-refractivity contribution >= 4 is 17.4 Å². The summed E-state index contributed by atoms with van der Waals surface area (Å²) in [4.78, 5) is 12.4. The lowest BCUT2D eigenvalue weighted by Gasteiger charge is -2.14. The number of carbonyl (C=O) groups excluding carboxylic acids is 1. The first kappa shape index (κ1) is 19.8. The Balaban J connectivity index is 1.75. The van der Waals surface area contributed by atoms with E-state index in [1.165, 1.54) is 42.1 Å². The summed E-state index contributed by atoms with van der Waals surface area (Å²) in [6.07, 6.45) is -4.34. The third kappa shape index (κ3) is 4.30. The van der Waals surface area contributed by atoms with E-state index in [9.17, 15) is 22.4 Å². The SMILES string of the molecule is CC(Oc1cccc(C(F)(F)F)c1)C(=O)c1cn(-c2ccc(F)c(Cl)c2)nn1. The summed E-state index contributed by atoms with van der Waals surface area (Å²) < 4.78 is 58.1. The van der Waals surface area contributed by atoms with Crippen molar-refractivity contribution in [2.75, 3.05) is 0 Å². The summed E-state index contributed by atoms with van der Waals surface area (Å²) in [5.74, 6) is -1.30. The van der Waals surface area contributed by atoms with Crippen LogP contribution in [0.1, 0.15) is 23.0 Å². The van der Waals surface area contributed by atoms with E-state index in [-0.39, 0.29) is 16.5 Å². The Bertz CT molecular complexity index is 1020. The van der Waals surface area contributed by atoms with Crippen molar-refractivity contribution in [1.29, 1.82) is 0 Å². The van der Waals surface area contributed by atoms with E-state index < -0.39 is 29.4 Å². The molecule has 0 saturated carbocycles. The first-order valence-corrected chi connectivity index (χ1v) is 8.29. The van der Waals surface area contributed by atoms with Crippen LogP contribution < -0.4 is 4.74 Å². The Morgan fingerprint density at radius 3 is 2.64 bits per heavy atom. The van der Waals surface area contributed by atoms with Crippen molar-refractivity contribution < 1.29 is 27.1 Å². The summed E-state index contributed by atoms with van der Waals surface area (Å²) in [7, 11) is 0. The van der Waals surface area contributed by atoms with Gasteiger partial charge in [-0.2, -0.15) is 13.2 Å². The molecule has 0 saturated heterocycles. The second-order valence-electron chi connectivity index (χ2n) is 5.80. The van der Waals surface area contributed by atoms with Crippen LogP contribution in [0.25, 0.3) is 5.69 Å². The molecular formula is C18H12ClF4N3O2. The minimum absolute atomic E-state index is 0.0695. The molecule has 1 aromatic heterocycles. The Hall–Kier alpha value is -2.94. The van der Waals surface area contributed by atoms with Crippen molar-refractivity contribution in [3.63, 3.8) is 0 Å². The van der Waals surface area contributed by atoms with Crippen LogP contribution in [-0.2, 0) is 6.18 Å². The molecule has 5 nitrogen and oxygen atoms in total. The predicted octanol–water partition coefficient (Wildman–Crippen LogP) is 4.73. The molecule has 0 amide bonds. The van der Waals surface area contributed by atoms with Gasteiger partial charge in [0.15, 0.2) is 11.8 Å². The molecule has 28 heavy (non-hydrogen) atoms. The minimum atomic E-state index is -4.52. The van der Waals surface area contributed by atoms with Crippen LogP contribution in [0.4, 0.5) is 17.6 Å². The number of hydrogen-bond donors (Lipinski definition) is 0. The molecule has 3 rings (SSSR count). The number of nitrogens with zero attached hydrogens (tertiary/aromatic N) is 3. The molecule has 2 aromatic carbocycles. The summed E-state index contributed by atoms with van der Waals surface area (Å²) in [5.41, 5.74) is -0.576. The molecular weight excluding hydrogens is 402 g/mol. The van der Waals surface area contributed by atoms with Crippen LogP contribution in [0.5, 0.6) is 5.75 Å². The summed E-state index contributed by atoms with van der Waals surface area (Å²) >= 11 is 5.72. The molecule has 0 radical (unpaired) electrons. The van der Waals surface area contributed by atoms with Crippen molar-refractivity contribution in [2.45, 2.75) is 19.2 Å². The van der Waals surface area contributed by atoms with Crippen molar-refractivity contribution in [3.05, 3.63) is 70.8 Å². The van der Waals surface area contributed by atoms with Gasteiger partial charge in [-0.25, -0.2) is 9.07 Å². The highest BCUT2D eigenvalue weighted by molar-refractivity contribution is 6.30. The van der Waals surface area contributed by atoms with E-state index in [4.69, 9.17) is 16.3 Å². The first-order valence-electron chi connectivity index (χ1n) is 7.91.